The van der Waals surface area contributed by atoms with Crippen LogP contribution in [-0.2, 0) is 6.54 Å². The van der Waals surface area contributed by atoms with Crippen molar-refractivity contribution < 1.29 is 9.47 Å². The number of likely N-dealkylation sites (tertiary alicyclic amines) is 1. The first-order valence-corrected chi connectivity index (χ1v) is 10.3. The number of hydrogen-bond donors (Lipinski definition) is 1. The van der Waals surface area contributed by atoms with Gasteiger partial charge in [0.15, 0.2) is 11.5 Å². The molecule has 3 heterocycles. The van der Waals surface area contributed by atoms with Gasteiger partial charge in [-0.05, 0) is 55.7 Å². The number of nitrogens with zero attached hydrogens (tertiary/aromatic N) is 3. The van der Waals surface area contributed by atoms with E-state index in [0.717, 1.165) is 66.5 Å². The number of rotatable bonds is 4. The number of hydrogen-bond acceptors (Lipinski definition) is 6. The van der Waals surface area contributed by atoms with Gasteiger partial charge in [-0.2, -0.15) is 0 Å². The number of anilines is 1. The van der Waals surface area contributed by atoms with Gasteiger partial charge in [0, 0.05) is 36.1 Å². The smallest absolute Gasteiger partial charge is 0.231 e. The lowest BCUT2D eigenvalue weighted by Gasteiger charge is -2.32. The monoisotopic (exact) mass is 410 g/mol. The summed E-state index contributed by atoms with van der Waals surface area (Å²) in [4.78, 5) is 11.6. The van der Waals surface area contributed by atoms with Crippen molar-refractivity contribution in [2.24, 2.45) is 0 Å². The van der Waals surface area contributed by atoms with Gasteiger partial charge in [-0.1, -0.05) is 17.7 Å². The predicted octanol–water partition coefficient (Wildman–Crippen LogP) is 4.40. The Balaban J connectivity index is 1.23. The number of fused-ring (bicyclic) bond motifs is 2. The van der Waals surface area contributed by atoms with Crippen LogP contribution in [0.2, 0.25) is 5.02 Å². The summed E-state index contributed by atoms with van der Waals surface area (Å²) in [5, 5.41) is 5.32. The average molecular weight is 411 g/mol. The van der Waals surface area contributed by atoms with Crippen molar-refractivity contribution in [3.05, 3.63) is 52.8 Å². The van der Waals surface area contributed by atoms with Crippen LogP contribution in [0.5, 0.6) is 11.5 Å². The summed E-state index contributed by atoms with van der Waals surface area (Å²) in [5.41, 5.74) is 2.18. The molecule has 0 bridgehead atoms. The van der Waals surface area contributed by atoms with Crippen LogP contribution in [0.4, 0.5) is 5.82 Å². The van der Waals surface area contributed by atoms with Crippen LogP contribution < -0.4 is 14.8 Å². The molecule has 0 unspecified atom stereocenters. The van der Waals surface area contributed by atoms with Crippen LogP contribution >= 0.6 is 11.6 Å². The second-order valence-corrected chi connectivity index (χ2v) is 8.10. The van der Waals surface area contributed by atoms with Gasteiger partial charge in [0.25, 0.3) is 0 Å². The summed E-state index contributed by atoms with van der Waals surface area (Å²) in [6.45, 7) is 5.24. The summed E-state index contributed by atoms with van der Waals surface area (Å²) in [7, 11) is 0. The van der Waals surface area contributed by atoms with Crippen molar-refractivity contribution in [3.63, 3.8) is 0 Å². The third-order valence-electron chi connectivity index (χ3n) is 5.54. The van der Waals surface area contributed by atoms with E-state index in [2.05, 4.69) is 32.3 Å². The Kier molecular flexibility index (Phi) is 4.89. The molecule has 29 heavy (non-hydrogen) atoms. The fourth-order valence-corrected chi connectivity index (χ4v) is 4.23. The first kappa shape index (κ1) is 18.5. The summed E-state index contributed by atoms with van der Waals surface area (Å²) < 4.78 is 10.9. The molecule has 0 spiro atoms. The lowest BCUT2D eigenvalue weighted by atomic mass is 10.0. The van der Waals surface area contributed by atoms with E-state index >= 15 is 0 Å². The highest BCUT2D eigenvalue weighted by Gasteiger charge is 2.21. The highest BCUT2D eigenvalue weighted by atomic mass is 35.5. The Morgan fingerprint density at radius 1 is 1.07 bits per heavy atom. The van der Waals surface area contributed by atoms with Gasteiger partial charge < -0.3 is 14.8 Å². The van der Waals surface area contributed by atoms with Gasteiger partial charge >= 0.3 is 0 Å². The molecule has 5 rings (SSSR count). The van der Waals surface area contributed by atoms with E-state index in [1.165, 1.54) is 5.56 Å². The molecule has 2 aromatic carbocycles. The third kappa shape index (κ3) is 3.95. The van der Waals surface area contributed by atoms with Crippen LogP contribution in [0.3, 0.4) is 0 Å². The van der Waals surface area contributed by atoms with E-state index in [1.807, 2.05) is 31.2 Å². The summed E-state index contributed by atoms with van der Waals surface area (Å²) in [6, 6.07) is 12.4. The Labute approximate surface area is 174 Å². The minimum atomic E-state index is 0.318. The first-order chi connectivity index (χ1) is 14.1. The maximum atomic E-state index is 6.20. The van der Waals surface area contributed by atoms with Crippen LogP contribution in [0, 0.1) is 6.92 Å². The number of ether oxygens (including phenoxy) is 2. The molecule has 0 atom stereocenters. The van der Waals surface area contributed by atoms with Crippen molar-refractivity contribution in [2.75, 3.05) is 25.2 Å². The zero-order chi connectivity index (χ0) is 19.8. The molecular weight excluding hydrogens is 388 g/mol. The normalized spacial score (nSPS) is 17.0. The van der Waals surface area contributed by atoms with E-state index in [4.69, 9.17) is 21.1 Å². The van der Waals surface area contributed by atoms with Gasteiger partial charge in [-0.3, -0.25) is 4.90 Å². The number of piperidine rings is 1. The highest BCUT2D eigenvalue weighted by molar-refractivity contribution is 6.31. The molecule has 2 aliphatic heterocycles. The maximum Gasteiger partial charge on any atom is 0.231 e. The molecule has 150 valence electrons. The van der Waals surface area contributed by atoms with Crippen molar-refractivity contribution in [2.45, 2.75) is 32.4 Å². The van der Waals surface area contributed by atoms with E-state index in [9.17, 15) is 0 Å². The van der Waals surface area contributed by atoms with Gasteiger partial charge in [0.05, 0.1) is 5.52 Å². The average Bonchev–Trinajstić information content (AvgIpc) is 3.18. The summed E-state index contributed by atoms with van der Waals surface area (Å²) in [5.74, 6) is 3.33. The van der Waals surface area contributed by atoms with Crippen molar-refractivity contribution in [3.8, 4) is 11.5 Å². The van der Waals surface area contributed by atoms with Crippen LogP contribution in [0.1, 0.15) is 24.2 Å². The first-order valence-electron chi connectivity index (χ1n) is 9.95. The molecule has 3 aromatic rings. The van der Waals surface area contributed by atoms with Crippen LogP contribution in [-0.4, -0.2) is 40.8 Å². The summed E-state index contributed by atoms with van der Waals surface area (Å²) in [6.07, 6.45) is 2.13. The minimum Gasteiger partial charge on any atom is -0.454 e. The second-order valence-electron chi connectivity index (χ2n) is 7.66. The fourth-order valence-electron chi connectivity index (χ4n) is 4.05. The molecule has 0 radical (unpaired) electrons. The second kappa shape index (κ2) is 7.69. The standard InChI is InChI=1S/C22H23ClN4O2/c1-14-24-19-4-3-16(23)11-18(19)22(25-14)26-17-6-8-27(9-7-17)12-15-2-5-20-21(10-15)29-13-28-20/h2-5,10-11,17H,6-9,12-13H2,1H3,(H,24,25,26). The molecule has 1 N–H and O–H groups in total. The van der Waals surface area contributed by atoms with Crippen LogP contribution in [0.15, 0.2) is 36.4 Å². The van der Waals surface area contributed by atoms with Crippen LogP contribution in [0.25, 0.3) is 10.9 Å². The van der Waals surface area contributed by atoms with Crippen molar-refractivity contribution >= 4 is 28.3 Å². The third-order valence-corrected chi connectivity index (χ3v) is 5.78. The van der Waals surface area contributed by atoms with E-state index in [1.54, 1.807) is 0 Å². The van der Waals surface area contributed by atoms with Crippen molar-refractivity contribution in [1.82, 2.24) is 14.9 Å². The SMILES string of the molecule is Cc1nc(NC2CCN(Cc3ccc4c(c3)OCO4)CC2)c2cc(Cl)ccc2n1. The minimum absolute atomic E-state index is 0.318. The molecule has 1 aromatic heterocycles. The van der Waals surface area contributed by atoms with Gasteiger partial charge in [0.2, 0.25) is 6.79 Å². The Morgan fingerprint density at radius 3 is 2.76 bits per heavy atom. The van der Waals surface area contributed by atoms with E-state index in [0.29, 0.717) is 17.9 Å². The van der Waals surface area contributed by atoms with Crippen molar-refractivity contribution in [1.29, 1.82) is 0 Å². The molecule has 2 aliphatic rings. The van der Waals surface area contributed by atoms with Gasteiger partial charge in [-0.25, -0.2) is 9.97 Å². The molecular formula is C22H23ClN4O2. The molecule has 0 saturated carbocycles. The highest BCUT2D eigenvalue weighted by Crippen LogP contribution is 2.33. The number of halogens is 1. The number of benzene rings is 2. The fraction of sp³-hybridized carbons (Fsp3) is 0.364. The maximum absolute atomic E-state index is 6.20. The molecule has 0 aliphatic carbocycles. The molecule has 1 saturated heterocycles. The number of aromatic nitrogens is 2. The predicted molar refractivity (Wildman–Crippen MR) is 114 cm³/mol. The molecule has 1 fully saturated rings. The quantitative estimate of drug-likeness (QED) is 0.688. The Hall–Kier alpha value is -2.57. The number of aryl methyl sites for hydroxylation is 1. The van der Waals surface area contributed by atoms with E-state index in [-0.39, 0.29) is 0 Å². The lowest BCUT2D eigenvalue weighted by Crippen LogP contribution is -2.38. The largest absolute Gasteiger partial charge is 0.454 e. The van der Waals surface area contributed by atoms with Gasteiger partial charge in [0.1, 0.15) is 11.6 Å². The zero-order valence-corrected chi connectivity index (χ0v) is 17.1. The number of nitrogens with one attached hydrogen (secondary N) is 1. The zero-order valence-electron chi connectivity index (χ0n) is 16.3. The molecule has 6 nitrogen and oxygen atoms in total. The molecule has 7 heteroatoms. The van der Waals surface area contributed by atoms with Gasteiger partial charge in [-0.15, -0.1) is 0 Å². The summed E-state index contributed by atoms with van der Waals surface area (Å²) >= 11 is 6.20. The lowest BCUT2D eigenvalue weighted by molar-refractivity contribution is 0.173. The van der Waals surface area contributed by atoms with E-state index < -0.39 is 0 Å². The molecule has 0 amide bonds. The topological polar surface area (TPSA) is 59.5 Å². The Morgan fingerprint density at radius 2 is 1.90 bits per heavy atom. The Bertz CT molecular complexity index is 1050.